The van der Waals surface area contributed by atoms with E-state index < -0.39 is 0 Å². The number of urea groups is 1. The van der Waals surface area contributed by atoms with Crippen molar-refractivity contribution >= 4 is 11.7 Å². The topological polar surface area (TPSA) is 50.9 Å². The number of carbonyl (C=O) groups excluding carboxylic acids is 1. The Balaban J connectivity index is 0.985. The molecule has 5 rings (SSSR count). The Morgan fingerprint density at radius 3 is 2.08 bits per heavy atom. The number of likely N-dealkylation sites (tertiary alicyclic amines) is 1. The molecule has 0 bridgehead atoms. The molecule has 3 aromatic carbocycles. The fraction of sp³-hybridized carbons (Fsp3) is 0.424. The van der Waals surface area contributed by atoms with Crippen molar-refractivity contribution in [3.8, 4) is 11.1 Å². The third-order valence-corrected chi connectivity index (χ3v) is 8.06. The highest BCUT2D eigenvalue weighted by molar-refractivity contribution is 5.94. The van der Waals surface area contributed by atoms with Crippen LogP contribution in [0.5, 0.6) is 0 Å². The van der Waals surface area contributed by atoms with Gasteiger partial charge in [0, 0.05) is 44.3 Å². The van der Waals surface area contributed by atoms with Crippen LogP contribution in [0, 0.1) is 0 Å². The number of piperidine rings is 1. The number of hydrogen-bond donors (Lipinski definition) is 2. The van der Waals surface area contributed by atoms with Crippen LogP contribution in [0.1, 0.15) is 31.2 Å². The predicted octanol–water partition coefficient (Wildman–Crippen LogP) is 5.54. The molecule has 0 unspecified atom stereocenters. The van der Waals surface area contributed by atoms with E-state index in [2.05, 4.69) is 73.9 Å². The summed E-state index contributed by atoms with van der Waals surface area (Å²) in [7, 11) is 0. The zero-order valence-corrected chi connectivity index (χ0v) is 23.1. The molecule has 0 radical (unpaired) electrons. The van der Waals surface area contributed by atoms with Gasteiger partial charge >= 0.3 is 6.03 Å². The Morgan fingerprint density at radius 1 is 0.692 bits per heavy atom. The maximum atomic E-state index is 12.8. The van der Waals surface area contributed by atoms with Gasteiger partial charge in [-0.05, 0) is 69.1 Å². The number of rotatable bonds is 9. The molecule has 0 atom stereocenters. The van der Waals surface area contributed by atoms with E-state index in [4.69, 9.17) is 0 Å². The van der Waals surface area contributed by atoms with Crippen LogP contribution in [0.15, 0.2) is 84.9 Å². The van der Waals surface area contributed by atoms with Crippen LogP contribution in [0.25, 0.3) is 11.1 Å². The average Bonchev–Trinajstić information content (AvgIpc) is 3.20. The summed E-state index contributed by atoms with van der Waals surface area (Å²) in [5.74, 6) is 0. The van der Waals surface area contributed by atoms with Crippen molar-refractivity contribution in [2.24, 2.45) is 0 Å². The minimum Gasteiger partial charge on any atom is -0.335 e. The zero-order valence-electron chi connectivity index (χ0n) is 23.1. The SMILES string of the molecule is O=C(Nc1ccccc1-c1ccccc1)NC1CCN(CCCN2CCCN(Cc3ccccc3)CC2)CC1. The summed E-state index contributed by atoms with van der Waals surface area (Å²) in [5.41, 5.74) is 4.40. The monoisotopic (exact) mass is 525 g/mol. The summed E-state index contributed by atoms with van der Waals surface area (Å²) in [6.45, 7) is 10.2. The quantitative estimate of drug-likeness (QED) is 0.385. The number of amides is 2. The lowest BCUT2D eigenvalue weighted by Crippen LogP contribution is -2.46. The van der Waals surface area contributed by atoms with Crippen molar-refractivity contribution in [3.05, 3.63) is 90.5 Å². The van der Waals surface area contributed by atoms with Crippen molar-refractivity contribution in [1.29, 1.82) is 0 Å². The molecular formula is C33H43N5O. The second-order valence-electron chi connectivity index (χ2n) is 10.9. The molecule has 2 fully saturated rings. The number of hydrogen-bond acceptors (Lipinski definition) is 4. The molecule has 2 heterocycles. The Morgan fingerprint density at radius 2 is 1.31 bits per heavy atom. The largest absolute Gasteiger partial charge is 0.335 e. The van der Waals surface area contributed by atoms with Crippen LogP contribution in [-0.4, -0.2) is 79.1 Å². The molecule has 0 aromatic heterocycles. The Bertz CT molecular complexity index is 1150. The van der Waals surface area contributed by atoms with Crippen molar-refractivity contribution in [2.45, 2.75) is 38.3 Å². The summed E-state index contributed by atoms with van der Waals surface area (Å²) in [6.07, 6.45) is 4.48. The number of carbonyl (C=O) groups is 1. The smallest absolute Gasteiger partial charge is 0.319 e. The van der Waals surface area contributed by atoms with Crippen molar-refractivity contribution < 1.29 is 4.79 Å². The molecule has 39 heavy (non-hydrogen) atoms. The molecule has 0 spiro atoms. The molecule has 2 amide bonds. The summed E-state index contributed by atoms with van der Waals surface area (Å²) < 4.78 is 0. The zero-order chi connectivity index (χ0) is 26.7. The van der Waals surface area contributed by atoms with Gasteiger partial charge in [0.05, 0.1) is 5.69 Å². The normalized spacial score (nSPS) is 17.9. The van der Waals surface area contributed by atoms with E-state index in [1.165, 1.54) is 44.6 Å². The van der Waals surface area contributed by atoms with Crippen LogP contribution in [0.2, 0.25) is 0 Å². The maximum Gasteiger partial charge on any atom is 0.319 e. The molecule has 2 aliphatic rings. The predicted molar refractivity (Wildman–Crippen MR) is 161 cm³/mol. The molecule has 3 aromatic rings. The highest BCUT2D eigenvalue weighted by Gasteiger charge is 2.21. The summed E-state index contributed by atoms with van der Waals surface area (Å²) in [5, 5.41) is 6.30. The molecule has 2 N–H and O–H groups in total. The van der Waals surface area contributed by atoms with Gasteiger partial charge in [-0.25, -0.2) is 4.79 Å². The molecule has 2 aliphatic heterocycles. The van der Waals surface area contributed by atoms with Gasteiger partial charge in [-0.3, -0.25) is 4.90 Å². The van der Waals surface area contributed by atoms with E-state index in [1.807, 2.05) is 36.4 Å². The number of para-hydroxylation sites is 1. The van der Waals surface area contributed by atoms with Crippen LogP contribution in [0.4, 0.5) is 10.5 Å². The number of anilines is 1. The number of benzene rings is 3. The Kier molecular flexibility index (Phi) is 10.0. The first kappa shape index (κ1) is 27.4. The van der Waals surface area contributed by atoms with Crippen molar-refractivity contribution in [1.82, 2.24) is 20.0 Å². The molecule has 2 saturated heterocycles. The van der Waals surface area contributed by atoms with E-state index in [0.29, 0.717) is 0 Å². The molecule has 0 aliphatic carbocycles. The van der Waals surface area contributed by atoms with Crippen LogP contribution in [-0.2, 0) is 6.54 Å². The van der Waals surface area contributed by atoms with Gasteiger partial charge in [-0.1, -0.05) is 78.9 Å². The standard InChI is InChI=1S/C33H43N5O/c39-33(35-32-16-8-7-15-31(32)29-13-5-2-6-14-29)34-30-17-23-37(24-18-30)21-9-19-36-20-10-22-38(26-25-36)27-28-11-3-1-4-12-28/h1-8,11-16,30H,9-10,17-27H2,(H2,34,35,39). The number of nitrogens with zero attached hydrogens (tertiary/aromatic N) is 3. The first-order valence-electron chi connectivity index (χ1n) is 14.7. The van der Waals surface area contributed by atoms with E-state index >= 15 is 0 Å². The van der Waals surface area contributed by atoms with Gasteiger partial charge in [0.15, 0.2) is 0 Å². The van der Waals surface area contributed by atoms with Gasteiger partial charge < -0.3 is 20.4 Å². The van der Waals surface area contributed by atoms with E-state index in [1.54, 1.807) is 0 Å². The fourth-order valence-electron chi connectivity index (χ4n) is 5.87. The number of nitrogens with one attached hydrogen (secondary N) is 2. The van der Waals surface area contributed by atoms with Gasteiger partial charge in [0.1, 0.15) is 0 Å². The summed E-state index contributed by atoms with van der Waals surface area (Å²) in [6, 6.07) is 29.1. The van der Waals surface area contributed by atoms with Crippen LogP contribution in [0.3, 0.4) is 0 Å². The second kappa shape index (κ2) is 14.3. The summed E-state index contributed by atoms with van der Waals surface area (Å²) >= 11 is 0. The minimum absolute atomic E-state index is 0.112. The van der Waals surface area contributed by atoms with Gasteiger partial charge in [-0.2, -0.15) is 0 Å². The van der Waals surface area contributed by atoms with E-state index in [0.717, 1.165) is 62.4 Å². The molecular weight excluding hydrogens is 482 g/mol. The first-order chi connectivity index (χ1) is 19.2. The minimum atomic E-state index is -0.112. The molecule has 0 saturated carbocycles. The third kappa shape index (κ3) is 8.40. The van der Waals surface area contributed by atoms with Gasteiger partial charge in [0.25, 0.3) is 0 Å². The molecule has 206 valence electrons. The third-order valence-electron chi connectivity index (χ3n) is 8.06. The maximum absolute atomic E-state index is 12.8. The highest BCUT2D eigenvalue weighted by atomic mass is 16.2. The lowest BCUT2D eigenvalue weighted by atomic mass is 10.0. The van der Waals surface area contributed by atoms with Gasteiger partial charge in [-0.15, -0.1) is 0 Å². The average molecular weight is 526 g/mol. The molecule has 6 heteroatoms. The Labute approximate surface area is 234 Å². The lowest BCUT2D eigenvalue weighted by molar-refractivity contribution is 0.181. The van der Waals surface area contributed by atoms with Gasteiger partial charge in [0.2, 0.25) is 0 Å². The molecule has 6 nitrogen and oxygen atoms in total. The first-order valence-corrected chi connectivity index (χ1v) is 14.7. The van der Waals surface area contributed by atoms with Crippen molar-refractivity contribution in [3.63, 3.8) is 0 Å². The van der Waals surface area contributed by atoms with Crippen molar-refractivity contribution in [2.75, 3.05) is 57.7 Å². The summed E-state index contributed by atoms with van der Waals surface area (Å²) in [4.78, 5) is 20.6. The fourth-order valence-corrected chi connectivity index (χ4v) is 5.87. The lowest BCUT2D eigenvalue weighted by Gasteiger charge is -2.33. The van der Waals surface area contributed by atoms with E-state index in [-0.39, 0.29) is 12.1 Å². The van der Waals surface area contributed by atoms with Crippen LogP contribution < -0.4 is 10.6 Å². The highest BCUT2D eigenvalue weighted by Crippen LogP contribution is 2.27. The van der Waals surface area contributed by atoms with Crippen LogP contribution >= 0.6 is 0 Å². The Hall–Kier alpha value is -3.19. The van der Waals surface area contributed by atoms with E-state index in [9.17, 15) is 4.79 Å². The second-order valence-corrected chi connectivity index (χ2v) is 10.9.